The third kappa shape index (κ3) is 5.03. The van der Waals surface area contributed by atoms with Gasteiger partial charge in [0.15, 0.2) is 0 Å². The molecule has 0 aliphatic heterocycles. The maximum Gasteiger partial charge on any atom is 0.127 e. The van der Waals surface area contributed by atoms with E-state index in [-0.39, 0.29) is 5.82 Å². The summed E-state index contributed by atoms with van der Waals surface area (Å²) in [5.74, 6) is 1.76. The molecule has 0 aliphatic rings. The highest BCUT2D eigenvalue weighted by atomic mass is 19.1. The van der Waals surface area contributed by atoms with Gasteiger partial charge in [-0.2, -0.15) is 0 Å². The van der Waals surface area contributed by atoms with Gasteiger partial charge in [0, 0.05) is 44.0 Å². The van der Waals surface area contributed by atoms with Crippen LogP contribution in [0, 0.1) is 5.82 Å². The molecular formula is C20H24FN3O. The molecule has 0 amide bonds. The monoisotopic (exact) mass is 341 g/mol. The molecule has 0 saturated heterocycles. The van der Waals surface area contributed by atoms with Crippen molar-refractivity contribution < 1.29 is 8.81 Å². The topological polar surface area (TPSA) is 34.2 Å². The number of rotatable bonds is 9. The molecule has 3 rings (SSSR count). The van der Waals surface area contributed by atoms with Gasteiger partial charge in [0.1, 0.15) is 17.3 Å². The molecule has 0 bridgehead atoms. The van der Waals surface area contributed by atoms with Gasteiger partial charge in [-0.05, 0) is 24.6 Å². The molecule has 132 valence electrons. The number of hydrogen-bond donors (Lipinski definition) is 0. The fourth-order valence-electron chi connectivity index (χ4n) is 2.90. The molecule has 0 N–H and O–H groups in total. The highest BCUT2D eigenvalue weighted by Crippen LogP contribution is 2.16. The highest BCUT2D eigenvalue weighted by molar-refractivity contribution is 5.17. The number of furan rings is 1. The molecule has 0 spiro atoms. The fraction of sp³-hybridized carbons (Fsp3) is 0.350. The molecule has 25 heavy (non-hydrogen) atoms. The van der Waals surface area contributed by atoms with Crippen LogP contribution in [0.25, 0.3) is 0 Å². The van der Waals surface area contributed by atoms with E-state index in [2.05, 4.69) is 21.4 Å². The van der Waals surface area contributed by atoms with E-state index in [1.165, 1.54) is 6.07 Å². The van der Waals surface area contributed by atoms with Crippen LogP contribution in [0.4, 0.5) is 4.39 Å². The van der Waals surface area contributed by atoms with E-state index in [0.717, 1.165) is 37.5 Å². The van der Waals surface area contributed by atoms with Crippen LogP contribution in [0.2, 0.25) is 0 Å². The van der Waals surface area contributed by atoms with Crippen molar-refractivity contribution >= 4 is 0 Å². The predicted octanol–water partition coefficient (Wildman–Crippen LogP) is 4.27. The van der Waals surface area contributed by atoms with Crippen LogP contribution in [-0.2, 0) is 26.1 Å². The van der Waals surface area contributed by atoms with Crippen molar-refractivity contribution in [3.05, 3.63) is 78.0 Å². The summed E-state index contributed by atoms with van der Waals surface area (Å²) in [6, 6.07) is 11.0. The third-order valence-electron chi connectivity index (χ3n) is 4.25. The zero-order valence-electron chi connectivity index (χ0n) is 14.6. The zero-order chi connectivity index (χ0) is 17.5. The van der Waals surface area contributed by atoms with Crippen LogP contribution in [0.1, 0.15) is 30.4 Å². The molecule has 0 radical (unpaired) electrons. The van der Waals surface area contributed by atoms with Crippen LogP contribution >= 0.6 is 0 Å². The third-order valence-corrected chi connectivity index (χ3v) is 4.25. The second-order valence-electron chi connectivity index (χ2n) is 6.18. The molecular weight excluding hydrogens is 317 g/mol. The summed E-state index contributed by atoms with van der Waals surface area (Å²) < 4.78 is 21.9. The van der Waals surface area contributed by atoms with Crippen LogP contribution in [0.15, 0.2) is 59.5 Å². The molecule has 0 atom stereocenters. The van der Waals surface area contributed by atoms with Gasteiger partial charge in [-0.25, -0.2) is 9.37 Å². The maximum absolute atomic E-state index is 14.0. The first-order valence-corrected chi connectivity index (χ1v) is 8.73. The summed E-state index contributed by atoms with van der Waals surface area (Å²) in [5, 5.41) is 0. The van der Waals surface area contributed by atoms with Gasteiger partial charge in [0.05, 0.1) is 12.9 Å². The van der Waals surface area contributed by atoms with E-state index in [1.54, 1.807) is 12.3 Å². The number of hydrogen-bond acceptors (Lipinski definition) is 3. The summed E-state index contributed by atoms with van der Waals surface area (Å²) >= 11 is 0. The number of aromatic nitrogens is 2. The first-order valence-electron chi connectivity index (χ1n) is 8.73. The van der Waals surface area contributed by atoms with Crippen molar-refractivity contribution in [1.29, 1.82) is 0 Å². The quantitative estimate of drug-likeness (QED) is 0.583. The summed E-state index contributed by atoms with van der Waals surface area (Å²) in [6.07, 6.45) is 7.41. The molecule has 4 nitrogen and oxygen atoms in total. The standard InChI is InChI=1S/C20H24FN3O/c1-2-18-8-9-19(25-18)15-24(12-5-11-23-13-10-22-16-23)14-17-6-3-4-7-20(17)21/h3-4,6-10,13,16H,2,5,11-12,14-15H2,1H3. The van der Waals surface area contributed by atoms with Crippen LogP contribution in [0.3, 0.4) is 0 Å². The Bertz CT molecular complexity index is 767. The average molecular weight is 341 g/mol. The Morgan fingerprint density at radius 2 is 1.96 bits per heavy atom. The number of halogens is 1. The Labute approximate surface area is 147 Å². The van der Waals surface area contributed by atoms with Crippen LogP contribution in [0.5, 0.6) is 0 Å². The molecule has 0 unspecified atom stereocenters. The van der Waals surface area contributed by atoms with Crippen molar-refractivity contribution in [3.8, 4) is 0 Å². The molecule has 1 aromatic carbocycles. The summed E-state index contributed by atoms with van der Waals surface area (Å²) in [5.41, 5.74) is 0.715. The Balaban J connectivity index is 1.64. The number of nitrogens with zero attached hydrogens (tertiary/aromatic N) is 3. The molecule has 3 aromatic rings. The summed E-state index contributed by atoms with van der Waals surface area (Å²) in [6.45, 7) is 5.07. The van der Waals surface area contributed by atoms with Gasteiger partial charge >= 0.3 is 0 Å². The minimum absolute atomic E-state index is 0.157. The van der Waals surface area contributed by atoms with Gasteiger partial charge in [-0.3, -0.25) is 4.90 Å². The second-order valence-corrected chi connectivity index (χ2v) is 6.18. The van der Waals surface area contributed by atoms with Gasteiger partial charge in [-0.15, -0.1) is 0 Å². The lowest BCUT2D eigenvalue weighted by atomic mass is 10.2. The Hall–Kier alpha value is -2.40. The lowest BCUT2D eigenvalue weighted by Crippen LogP contribution is -2.25. The first-order chi connectivity index (χ1) is 12.2. The van der Waals surface area contributed by atoms with E-state index in [9.17, 15) is 4.39 Å². The van der Waals surface area contributed by atoms with Crippen molar-refractivity contribution in [3.63, 3.8) is 0 Å². The van der Waals surface area contributed by atoms with E-state index >= 15 is 0 Å². The Kier molecular flexibility index (Phi) is 6.01. The van der Waals surface area contributed by atoms with Gasteiger partial charge < -0.3 is 8.98 Å². The Morgan fingerprint density at radius 1 is 1.12 bits per heavy atom. The molecule has 2 aromatic heterocycles. The van der Waals surface area contributed by atoms with Crippen molar-refractivity contribution in [2.24, 2.45) is 0 Å². The van der Waals surface area contributed by atoms with Crippen molar-refractivity contribution in [2.75, 3.05) is 6.54 Å². The predicted molar refractivity (Wildman–Crippen MR) is 95.4 cm³/mol. The Morgan fingerprint density at radius 3 is 2.68 bits per heavy atom. The summed E-state index contributed by atoms with van der Waals surface area (Å²) in [7, 11) is 0. The van der Waals surface area contributed by atoms with Gasteiger partial charge in [0.25, 0.3) is 0 Å². The molecule has 0 aliphatic carbocycles. The minimum Gasteiger partial charge on any atom is -0.465 e. The van der Waals surface area contributed by atoms with E-state index < -0.39 is 0 Å². The fourth-order valence-corrected chi connectivity index (χ4v) is 2.90. The molecule has 5 heteroatoms. The van der Waals surface area contributed by atoms with Gasteiger partial charge in [-0.1, -0.05) is 25.1 Å². The number of benzene rings is 1. The second kappa shape index (κ2) is 8.62. The van der Waals surface area contributed by atoms with E-state index in [1.807, 2.05) is 36.8 Å². The number of aryl methyl sites for hydroxylation is 2. The first kappa shape index (κ1) is 17.4. The largest absolute Gasteiger partial charge is 0.465 e. The minimum atomic E-state index is -0.157. The lowest BCUT2D eigenvalue weighted by molar-refractivity contribution is 0.224. The van der Waals surface area contributed by atoms with Crippen LogP contribution < -0.4 is 0 Å². The number of imidazole rings is 1. The van der Waals surface area contributed by atoms with Gasteiger partial charge in [0.2, 0.25) is 0 Å². The average Bonchev–Trinajstić information content (AvgIpc) is 3.28. The van der Waals surface area contributed by atoms with Crippen molar-refractivity contribution in [2.45, 2.75) is 39.4 Å². The highest BCUT2D eigenvalue weighted by Gasteiger charge is 2.12. The molecule has 0 fully saturated rings. The smallest absolute Gasteiger partial charge is 0.127 e. The zero-order valence-corrected chi connectivity index (χ0v) is 14.6. The molecule has 2 heterocycles. The normalized spacial score (nSPS) is 11.3. The van der Waals surface area contributed by atoms with Crippen molar-refractivity contribution in [1.82, 2.24) is 14.5 Å². The molecule has 0 saturated carbocycles. The van der Waals surface area contributed by atoms with E-state index in [0.29, 0.717) is 18.7 Å². The SMILES string of the molecule is CCc1ccc(CN(CCCn2ccnc2)Cc2ccccc2F)o1. The summed E-state index contributed by atoms with van der Waals surface area (Å²) in [4.78, 5) is 6.29. The maximum atomic E-state index is 14.0. The lowest BCUT2D eigenvalue weighted by Gasteiger charge is -2.21. The van der Waals surface area contributed by atoms with Crippen LogP contribution in [-0.4, -0.2) is 21.0 Å². The van der Waals surface area contributed by atoms with E-state index in [4.69, 9.17) is 4.42 Å².